The zero-order chi connectivity index (χ0) is 16.7. The Morgan fingerprint density at radius 1 is 1.08 bits per heavy atom. The van der Waals surface area contributed by atoms with Crippen molar-refractivity contribution in [1.82, 2.24) is 0 Å². The van der Waals surface area contributed by atoms with Crippen molar-refractivity contribution in [2.75, 3.05) is 0 Å². The van der Waals surface area contributed by atoms with Crippen LogP contribution in [0.2, 0.25) is 0 Å². The maximum atomic E-state index is 12.8. The average Bonchev–Trinajstić information content (AvgIpc) is 2.61. The predicted molar refractivity (Wildman–Crippen MR) is 93.8 cm³/mol. The van der Waals surface area contributed by atoms with Gasteiger partial charge in [-0.1, -0.05) is 53.8 Å². The molecule has 2 heterocycles. The summed E-state index contributed by atoms with van der Waals surface area (Å²) in [5.74, 6) is 0.00705. The summed E-state index contributed by atoms with van der Waals surface area (Å²) in [4.78, 5) is 12.8. The van der Waals surface area contributed by atoms with Gasteiger partial charge in [0.2, 0.25) is 10.6 Å². The fraction of sp³-hybridized carbons (Fsp3) is 0.0526. The van der Waals surface area contributed by atoms with Crippen LogP contribution in [0.15, 0.2) is 70.8 Å². The number of ether oxygens (including phenoxy) is 1. The number of allylic oxidation sites excluding steroid dienone is 1. The van der Waals surface area contributed by atoms with Gasteiger partial charge in [0.05, 0.1) is 11.5 Å². The molecule has 1 atom stereocenters. The van der Waals surface area contributed by atoms with Crippen LogP contribution in [0, 0.1) is 11.3 Å². The number of nitrogens with zero attached hydrogens (tertiary/aromatic N) is 1. The van der Waals surface area contributed by atoms with Crippen LogP contribution in [0.4, 0.5) is 0 Å². The molecule has 0 bridgehead atoms. The molecule has 5 heteroatoms. The van der Waals surface area contributed by atoms with Crippen molar-refractivity contribution in [2.45, 2.75) is 5.92 Å². The summed E-state index contributed by atoms with van der Waals surface area (Å²) >= 11 is 1.16. The van der Waals surface area contributed by atoms with Gasteiger partial charge in [-0.2, -0.15) is 5.26 Å². The van der Waals surface area contributed by atoms with Gasteiger partial charge < -0.3 is 10.5 Å². The number of fused-ring (bicyclic) bond motifs is 3. The second kappa shape index (κ2) is 5.52. The Hall–Kier alpha value is -3.10. The van der Waals surface area contributed by atoms with Crippen LogP contribution >= 0.6 is 11.3 Å². The summed E-state index contributed by atoms with van der Waals surface area (Å²) in [6.45, 7) is 0. The lowest BCUT2D eigenvalue weighted by atomic mass is 9.84. The summed E-state index contributed by atoms with van der Waals surface area (Å²) in [5.41, 5.74) is 7.61. The highest BCUT2D eigenvalue weighted by Gasteiger charge is 2.34. The van der Waals surface area contributed by atoms with Crippen LogP contribution < -0.4 is 15.2 Å². The van der Waals surface area contributed by atoms with Crippen LogP contribution in [-0.2, 0) is 0 Å². The molecule has 0 unspecified atom stereocenters. The van der Waals surface area contributed by atoms with Crippen LogP contribution in [0.25, 0.3) is 10.1 Å². The Morgan fingerprint density at radius 2 is 1.79 bits per heavy atom. The number of hydrogen-bond donors (Lipinski definition) is 1. The highest BCUT2D eigenvalue weighted by molar-refractivity contribution is 7.16. The fourth-order valence-corrected chi connectivity index (χ4v) is 3.98. The van der Waals surface area contributed by atoms with Crippen molar-refractivity contribution in [3.8, 4) is 11.8 Å². The van der Waals surface area contributed by atoms with Gasteiger partial charge in [0.25, 0.3) is 0 Å². The lowest BCUT2D eigenvalue weighted by molar-refractivity contribution is 0.398. The van der Waals surface area contributed by atoms with Crippen molar-refractivity contribution in [3.05, 3.63) is 86.7 Å². The van der Waals surface area contributed by atoms with Crippen molar-refractivity contribution in [2.24, 2.45) is 5.73 Å². The first-order chi connectivity index (χ1) is 11.7. The van der Waals surface area contributed by atoms with E-state index in [0.29, 0.717) is 11.3 Å². The van der Waals surface area contributed by atoms with Crippen LogP contribution in [-0.4, -0.2) is 0 Å². The minimum absolute atomic E-state index is 0.0552. The second-order valence-corrected chi connectivity index (χ2v) is 6.48. The molecule has 0 aliphatic carbocycles. The van der Waals surface area contributed by atoms with Gasteiger partial charge in [0.1, 0.15) is 17.4 Å². The molecule has 1 aliphatic rings. The van der Waals surface area contributed by atoms with E-state index in [1.165, 1.54) is 0 Å². The van der Waals surface area contributed by atoms with E-state index in [-0.39, 0.29) is 16.2 Å². The summed E-state index contributed by atoms with van der Waals surface area (Å²) in [5, 5.41) is 10.4. The van der Waals surface area contributed by atoms with Gasteiger partial charge in [0.15, 0.2) is 0 Å². The molecule has 0 radical (unpaired) electrons. The Bertz CT molecular complexity index is 1080. The van der Waals surface area contributed by atoms with E-state index < -0.39 is 5.92 Å². The second-order valence-electron chi connectivity index (χ2n) is 5.46. The Kier molecular flexibility index (Phi) is 3.33. The molecule has 2 aromatic carbocycles. The molecular weight excluding hydrogens is 320 g/mol. The maximum absolute atomic E-state index is 12.8. The molecule has 0 amide bonds. The molecule has 2 N–H and O–H groups in total. The lowest BCUT2D eigenvalue weighted by Crippen LogP contribution is -2.25. The van der Waals surface area contributed by atoms with Gasteiger partial charge in [-0.25, -0.2) is 0 Å². The van der Waals surface area contributed by atoms with E-state index in [1.807, 2.05) is 54.6 Å². The van der Waals surface area contributed by atoms with E-state index in [2.05, 4.69) is 6.07 Å². The molecule has 3 aromatic rings. The quantitative estimate of drug-likeness (QED) is 0.740. The molecule has 4 nitrogen and oxygen atoms in total. The summed E-state index contributed by atoms with van der Waals surface area (Å²) in [7, 11) is 0. The first-order valence-corrected chi connectivity index (χ1v) is 8.20. The molecule has 24 heavy (non-hydrogen) atoms. The summed E-state index contributed by atoms with van der Waals surface area (Å²) in [6.07, 6.45) is 0. The van der Waals surface area contributed by atoms with Gasteiger partial charge in [-0.3, -0.25) is 4.79 Å². The van der Waals surface area contributed by atoms with E-state index >= 15 is 0 Å². The van der Waals surface area contributed by atoms with E-state index in [1.54, 1.807) is 0 Å². The van der Waals surface area contributed by atoms with Crippen LogP contribution in [0.1, 0.15) is 17.0 Å². The third kappa shape index (κ3) is 2.08. The monoisotopic (exact) mass is 332 g/mol. The molecule has 0 saturated heterocycles. The third-order valence-corrected chi connectivity index (χ3v) is 5.09. The molecular formula is C19H12N2O2S. The predicted octanol–water partition coefficient (Wildman–Crippen LogP) is 3.48. The molecule has 1 aromatic heterocycles. The van der Waals surface area contributed by atoms with Gasteiger partial charge in [-0.05, 0) is 17.7 Å². The smallest absolute Gasteiger partial charge is 0.240 e. The number of rotatable bonds is 1. The number of nitrogens with two attached hydrogens (primary N) is 1. The van der Waals surface area contributed by atoms with Crippen molar-refractivity contribution in [3.63, 3.8) is 0 Å². The number of benzene rings is 2. The highest BCUT2D eigenvalue weighted by Crippen LogP contribution is 2.44. The zero-order valence-electron chi connectivity index (χ0n) is 12.5. The third-order valence-electron chi connectivity index (χ3n) is 4.11. The largest absolute Gasteiger partial charge is 0.439 e. The zero-order valence-corrected chi connectivity index (χ0v) is 13.3. The van der Waals surface area contributed by atoms with Crippen molar-refractivity contribution in [1.29, 1.82) is 5.26 Å². The lowest BCUT2D eigenvalue weighted by Gasteiger charge is -2.26. The maximum Gasteiger partial charge on any atom is 0.240 e. The molecule has 0 spiro atoms. The Balaban J connectivity index is 2.10. The van der Waals surface area contributed by atoms with Crippen LogP contribution in [0.5, 0.6) is 5.75 Å². The number of nitriles is 1. The average molecular weight is 332 g/mol. The van der Waals surface area contributed by atoms with E-state index in [4.69, 9.17) is 10.5 Å². The first kappa shape index (κ1) is 14.5. The number of hydrogen-bond acceptors (Lipinski definition) is 5. The molecule has 4 rings (SSSR count). The molecule has 0 fully saturated rings. The summed E-state index contributed by atoms with van der Waals surface area (Å²) < 4.78 is 6.44. The van der Waals surface area contributed by atoms with Gasteiger partial charge in [-0.15, -0.1) is 0 Å². The van der Waals surface area contributed by atoms with Crippen molar-refractivity contribution < 1.29 is 4.74 Å². The first-order valence-electron chi connectivity index (χ1n) is 7.39. The standard InChI is InChI=1S/C19H12N2O2S/c20-10-13-15(11-6-2-1-3-7-11)16-17(23-18(13)21)12-8-4-5-9-14(12)24-19(16)22/h1-9,15H,21H2/t15-/m0/s1. The van der Waals surface area contributed by atoms with Gasteiger partial charge in [0, 0.05) is 10.1 Å². The topological polar surface area (TPSA) is 76.1 Å². The molecule has 116 valence electrons. The Labute approximate surface area is 142 Å². The van der Waals surface area contributed by atoms with Crippen molar-refractivity contribution >= 4 is 21.4 Å². The highest BCUT2D eigenvalue weighted by atomic mass is 32.1. The Morgan fingerprint density at radius 3 is 2.54 bits per heavy atom. The molecule has 1 aliphatic heterocycles. The molecule has 0 saturated carbocycles. The minimum Gasteiger partial charge on any atom is -0.439 e. The fourth-order valence-electron chi connectivity index (χ4n) is 3.04. The minimum atomic E-state index is -0.506. The van der Waals surface area contributed by atoms with Crippen LogP contribution in [0.3, 0.4) is 0 Å². The van der Waals surface area contributed by atoms with Gasteiger partial charge >= 0.3 is 0 Å². The van der Waals surface area contributed by atoms with E-state index in [0.717, 1.165) is 27.0 Å². The van der Waals surface area contributed by atoms with E-state index in [9.17, 15) is 10.1 Å². The summed E-state index contributed by atoms with van der Waals surface area (Å²) in [6, 6.07) is 19.1. The normalized spacial score (nSPS) is 16.4. The SMILES string of the molecule is N#CC1=C(N)Oc2c(c(=O)sc3ccccc23)[C@H]1c1ccccc1.